The van der Waals surface area contributed by atoms with Crippen LogP contribution in [-0.4, -0.2) is 19.3 Å². The minimum absolute atomic E-state index is 0.205. The fourth-order valence-corrected chi connectivity index (χ4v) is 1.46. The van der Waals surface area contributed by atoms with Gasteiger partial charge in [0.25, 0.3) is 0 Å². The quantitative estimate of drug-likeness (QED) is 0.346. The lowest BCUT2D eigenvalue weighted by molar-refractivity contribution is 0.158. The van der Waals surface area contributed by atoms with Crippen molar-refractivity contribution in [2.24, 2.45) is 5.11 Å². The Labute approximate surface area is 97.8 Å². The van der Waals surface area contributed by atoms with Crippen molar-refractivity contribution >= 4 is 6.09 Å². The Morgan fingerprint density at radius 1 is 1.53 bits per heavy atom. The molecule has 1 fully saturated rings. The van der Waals surface area contributed by atoms with Crippen LogP contribution in [0.15, 0.2) is 29.4 Å². The van der Waals surface area contributed by atoms with Crippen molar-refractivity contribution in [3.8, 4) is 0 Å². The van der Waals surface area contributed by atoms with Gasteiger partial charge in [-0.15, -0.1) is 0 Å². The Hall–Kier alpha value is -2.04. The largest absolute Gasteiger partial charge is 0.460 e. The topological polar surface area (TPSA) is 87.6 Å². The second-order valence-electron chi connectivity index (χ2n) is 3.62. The summed E-state index contributed by atoms with van der Waals surface area (Å²) in [5.41, 5.74) is 10.2. The van der Waals surface area contributed by atoms with Crippen LogP contribution in [0.4, 0.5) is 4.79 Å². The Balaban J connectivity index is 1.78. The van der Waals surface area contributed by atoms with E-state index < -0.39 is 6.09 Å². The van der Waals surface area contributed by atoms with Crippen LogP contribution in [0.25, 0.3) is 10.4 Å². The number of azide groups is 1. The third kappa shape index (κ3) is 3.48. The van der Waals surface area contributed by atoms with Gasteiger partial charge in [0.1, 0.15) is 6.10 Å². The monoisotopic (exact) mass is 233 g/mol. The van der Waals surface area contributed by atoms with Gasteiger partial charge in [0, 0.05) is 16.4 Å². The molecular formula is C11H11N3O3. The smallest absolute Gasteiger partial charge is 0.396 e. The lowest BCUT2D eigenvalue weighted by Crippen LogP contribution is -2.02. The average molecular weight is 233 g/mol. The Bertz CT molecular complexity index is 448. The first-order valence-corrected chi connectivity index (χ1v) is 5.22. The van der Waals surface area contributed by atoms with Gasteiger partial charge in [-0.05, 0) is 16.7 Å². The lowest BCUT2D eigenvalue weighted by atomic mass is 10.1. The summed E-state index contributed by atoms with van der Waals surface area (Å²) in [6.07, 6.45) is -0.0410. The summed E-state index contributed by atoms with van der Waals surface area (Å²) in [5, 5.41) is 2.80. The van der Waals surface area contributed by atoms with Crippen LogP contribution < -0.4 is 0 Å². The predicted molar refractivity (Wildman–Crippen MR) is 59.3 cm³/mol. The maximum atomic E-state index is 10.7. The molecule has 0 bridgehead atoms. The van der Waals surface area contributed by atoms with Crippen LogP contribution in [0.1, 0.15) is 17.2 Å². The number of carbonyl (C=O) groups is 1. The van der Waals surface area contributed by atoms with E-state index in [2.05, 4.69) is 10.0 Å². The van der Waals surface area contributed by atoms with Crippen molar-refractivity contribution < 1.29 is 14.3 Å². The van der Waals surface area contributed by atoms with Gasteiger partial charge < -0.3 is 9.47 Å². The molecule has 0 aromatic heterocycles. The zero-order chi connectivity index (χ0) is 12.1. The highest BCUT2D eigenvalue weighted by Crippen LogP contribution is 2.29. The number of carbonyl (C=O) groups excluding carboxylic acids is 1. The van der Waals surface area contributed by atoms with Gasteiger partial charge in [0.2, 0.25) is 0 Å². The third-order valence-corrected chi connectivity index (χ3v) is 2.43. The number of hydrogen-bond donors (Lipinski definition) is 0. The summed E-state index contributed by atoms with van der Waals surface area (Å²) in [7, 11) is 0. The minimum Gasteiger partial charge on any atom is -0.460 e. The van der Waals surface area contributed by atoms with Gasteiger partial charge in [-0.2, -0.15) is 0 Å². The number of nitrogens with zero attached hydrogens (tertiary/aromatic N) is 3. The molecule has 1 amide bonds. The van der Waals surface area contributed by atoms with Crippen LogP contribution in [0.3, 0.4) is 0 Å². The van der Waals surface area contributed by atoms with Crippen LogP contribution in [0.2, 0.25) is 0 Å². The molecule has 1 unspecified atom stereocenters. The molecule has 1 atom stereocenters. The van der Waals surface area contributed by atoms with E-state index >= 15 is 0 Å². The Morgan fingerprint density at radius 3 is 2.82 bits per heavy atom. The lowest BCUT2D eigenvalue weighted by Gasteiger charge is -2.02. The Morgan fingerprint density at radius 2 is 2.24 bits per heavy atom. The van der Waals surface area contributed by atoms with E-state index in [1.807, 2.05) is 24.3 Å². The van der Waals surface area contributed by atoms with Gasteiger partial charge >= 0.3 is 6.09 Å². The van der Waals surface area contributed by atoms with Gasteiger partial charge in [0.15, 0.2) is 0 Å². The highest BCUT2D eigenvalue weighted by Gasteiger charge is 2.24. The second-order valence-corrected chi connectivity index (χ2v) is 3.62. The molecule has 1 aromatic rings. The number of hydrogen-bond acceptors (Lipinski definition) is 3. The molecule has 17 heavy (non-hydrogen) atoms. The highest BCUT2D eigenvalue weighted by atomic mass is 16.6. The van der Waals surface area contributed by atoms with E-state index in [0.717, 1.165) is 12.2 Å². The standard InChI is InChI=1S/C11H11N3O3/c12-14-13-11(15)16-6-5-8-1-3-9(4-2-8)10-7-17-10/h1-4,10H,5-7H2. The third-order valence-electron chi connectivity index (χ3n) is 2.43. The van der Waals surface area contributed by atoms with Crippen molar-refractivity contribution in [3.63, 3.8) is 0 Å². The molecule has 0 aliphatic carbocycles. The van der Waals surface area contributed by atoms with Crippen LogP contribution in [0.5, 0.6) is 0 Å². The maximum Gasteiger partial charge on any atom is 0.396 e. The van der Waals surface area contributed by atoms with Crippen molar-refractivity contribution in [1.82, 2.24) is 0 Å². The second kappa shape index (κ2) is 5.34. The van der Waals surface area contributed by atoms with Gasteiger partial charge in [0.05, 0.1) is 13.2 Å². The fraction of sp³-hybridized carbons (Fsp3) is 0.364. The number of benzene rings is 1. The Kier molecular flexibility index (Phi) is 3.59. The zero-order valence-corrected chi connectivity index (χ0v) is 9.07. The summed E-state index contributed by atoms with van der Waals surface area (Å²) in [5.74, 6) is 0. The molecular weight excluding hydrogens is 222 g/mol. The summed E-state index contributed by atoms with van der Waals surface area (Å²) < 4.78 is 9.85. The fourth-order valence-electron chi connectivity index (χ4n) is 1.46. The summed E-state index contributed by atoms with van der Waals surface area (Å²) in [6, 6.07) is 7.95. The maximum absolute atomic E-state index is 10.7. The number of epoxide rings is 1. The highest BCUT2D eigenvalue weighted by molar-refractivity contribution is 5.67. The van der Waals surface area contributed by atoms with Crippen LogP contribution in [-0.2, 0) is 15.9 Å². The normalized spacial score (nSPS) is 17.1. The molecule has 0 spiro atoms. The number of amides is 1. The first-order chi connectivity index (χ1) is 8.29. The molecule has 0 N–H and O–H groups in total. The molecule has 6 nitrogen and oxygen atoms in total. The van der Waals surface area contributed by atoms with Gasteiger partial charge in [-0.25, -0.2) is 4.79 Å². The molecule has 1 aliphatic heterocycles. The minimum atomic E-state index is -0.893. The molecule has 1 saturated heterocycles. The molecule has 88 valence electrons. The summed E-state index contributed by atoms with van der Waals surface area (Å²) >= 11 is 0. The number of ether oxygens (including phenoxy) is 2. The molecule has 0 radical (unpaired) electrons. The van der Waals surface area contributed by atoms with Crippen molar-refractivity contribution in [3.05, 3.63) is 45.8 Å². The molecule has 1 aromatic carbocycles. The van der Waals surface area contributed by atoms with Crippen molar-refractivity contribution in [2.45, 2.75) is 12.5 Å². The van der Waals surface area contributed by atoms with Crippen LogP contribution >= 0.6 is 0 Å². The van der Waals surface area contributed by atoms with E-state index in [9.17, 15) is 4.79 Å². The van der Waals surface area contributed by atoms with Gasteiger partial charge in [-0.3, -0.25) is 0 Å². The molecule has 6 heteroatoms. The molecule has 2 rings (SSSR count). The number of rotatable bonds is 4. The molecule has 1 aliphatic rings. The van der Waals surface area contributed by atoms with E-state index in [1.165, 1.54) is 5.56 Å². The summed E-state index contributed by atoms with van der Waals surface area (Å²) in [6.45, 7) is 1.00. The van der Waals surface area contributed by atoms with E-state index in [0.29, 0.717) is 6.42 Å². The van der Waals surface area contributed by atoms with Gasteiger partial charge in [-0.1, -0.05) is 24.3 Å². The zero-order valence-electron chi connectivity index (χ0n) is 9.07. The average Bonchev–Trinajstić information content (AvgIpc) is 3.14. The van der Waals surface area contributed by atoms with Crippen molar-refractivity contribution in [1.29, 1.82) is 0 Å². The SMILES string of the molecule is [N-]=[N+]=NC(=O)OCCc1ccc(C2CO2)cc1. The van der Waals surface area contributed by atoms with E-state index in [-0.39, 0.29) is 12.7 Å². The molecule has 1 heterocycles. The first kappa shape index (κ1) is 11.4. The van der Waals surface area contributed by atoms with E-state index in [4.69, 9.17) is 15.0 Å². The predicted octanol–water partition coefficient (Wildman–Crippen LogP) is 2.75. The van der Waals surface area contributed by atoms with Crippen LogP contribution in [0, 0.1) is 0 Å². The van der Waals surface area contributed by atoms with Crippen molar-refractivity contribution in [2.75, 3.05) is 13.2 Å². The first-order valence-electron chi connectivity index (χ1n) is 5.22. The molecule has 0 saturated carbocycles. The van der Waals surface area contributed by atoms with E-state index in [1.54, 1.807) is 0 Å². The summed E-state index contributed by atoms with van der Waals surface area (Å²) in [4.78, 5) is 13.1.